The molecule has 0 fully saturated rings. The van der Waals surface area contributed by atoms with Crippen molar-refractivity contribution in [1.29, 1.82) is 0 Å². The van der Waals surface area contributed by atoms with Crippen LogP contribution >= 0.6 is 0 Å². The Morgan fingerprint density at radius 1 is 1.33 bits per heavy atom. The number of aliphatic hydroxyl groups excluding tert-OH is 1. The molecule has 1 rings (SSSR count). The zero-order valence-corrected chi connectivity index (χ0v) is 11.7. The summed E-state index contributed by atoms with van der Waals surface area (Å²) in [5.74, 6) is -0.510. The van der Waals surface area contributed by atoms with Gasteiger partial charge < -0.3 is 10.4 Å². The van der Waals surface area contributed by atoms with Gasteiger partial charge in [0, 0.05) is 6.54 Å². The van der Waals surface area contributed by atoms with Crippen LogP contribution in [-0.4, -0.2) is 48.3 Å². The van der Waals surface area contributed by atoms with Crippen LogP contribution in [0.25, 0.3) is 0 Å². The number of hydrogen-bond donors (Lipinski definition) is 2. The zero-order valence-electron chi connectivity index (χ0n) is 11.7. The fourth-order valence-corrected chi connectivity index (χ4v) is 1.92. The summed E-state index contributed by atoms with van der Waals surface area (Å²) in [5, 5.41) is 11.4. The molecule has 0 heterocycles. The van der Waals surface area contributed by atoms with Gasteiger partial charge in [-0.1, -0.05) is 30.3 Å². The summed E-state index contributed by atoms with van der Waals surface area (Å²) in [4.78, 5) is 12.7. The molecule has 118 valence electrons. The summed E-state index contributed by atoms with van der Waals surface area (Å²) in [6.07, 6.45) is -4.40. The maximum absolute atomic E-state index is 12.4. The molecule has 4 nitrogen and oxygen atoms in total. The van der Waals surface area contributed by atoms with Crippen molar-refractivity contribution in [3.63, 3.8) is 0 Å². The van der Waals surface area contributed by atoms with E-state index < -0.39 is 31.8 Å². The van der Waals surface area contributed by atoms with Gasteiger partial charge in [-0.15, -0.1) is 0 Å². The van der Waals surface area contributed by atoms with Gasteiger partial charge in [0.05, 0.1) is 25.7 Å². The van der Waals surface area contributed by atoms with E-state index in [9.17, 15) is 18.0 Å². The fraction of sp³-hybridized carbons (Fsp3) is 0.500. The van der Waals surface area contributed by atoms with E-state index in [0.717, 1.165) is 10.5 Å². The number of alkyl halides is 3. The SMILES string of the molecule is CC(NC(=O)CN(CCO)CC(F)(F)F)c1ccccc1. The molecule has 0 bridgehead atoms. The minimum absolute atomic E-state index is 0.202. The first-order valence-electron chi connectivity index (χ1n) is 6.56. The smallest absolute Gasteiger partial charge is 0.395 e. The lowest BCUT2D eigenvalue weighted by molar-refractivity contribution is -0.149. The molecule has 2 N–H and O–H groups in total. The molecule has 0 aliphatic heterocycles. The van der Waals surface area contributed by atoms with E-state index in [2.05, 4.69) is 5.32 Å². The first-order chi connectivity index (χ1) is 9.81. The summed E-state index contributed by atoms with van der Waals surface area (Å²) in [6.45, 7) is -0.504. The second-order valence-corrected chi connectivity index (χ2v) is 4.75. The van der Waals surface area contributed by atoms with E-state index in [1.807, 2.05) is 30.3 Å². The van der Waals surface area contributed by atoms with Crippen molar-refractivity contribution in [2.24, 2.45) is 0 Å². The highest BCUT2D eigenvalue weighted by Crippen LogP contribution is 2.16. The minimum atomic E-state index is -4.40. The molecule has 1 atom stereocenters. The van der Waals surface area contributed by atoms with Crippen LogP contribution in [0, 0.1) is 0 Å². The Hall–Kier alpha value is -1.60. The number of hydrogen-bond acceptors (Lipinski definition) is 3. The summed E-state index contributed by atoms with van der Waals surface area (Å²) in [7, 11) is 0. The summed E-state index contributed by atoms with van der Waals surface area (Å²) < 4.78 is 37.1. The van der Waals surface area contributed by atoms with Gasteiger partial charge >= 0.3 is 6.18 Å². The predicted molar refractivity (Wildman–Crippen MR) is 72.6 cm³/mol. The number of carbonyl (C=O) groups excluding carboxylic acids is 1. The van der Waals surface area contributed by atoms with Crippen molar-refractivity contribution in [3.05, 3.63) is 35.9 Å². The number of rotatable bonds is 7. The van der Waals surface area contributed by atoms with Gasteiger partial charge in [0.15, 0.2) is 0 Å². The van der Waals surface area contributed by atoms with Crippen LogP contribution in [0.2, 0.25) is 0 Å². The van der Waals surface area contributed by atoms with Gasteiger partial charge in [0.25, 0.3) is 0 Å². The maximum atomic E-state index is 12.4. The number of amides is 1. The van der Waals surface area contributed by atoms with Gasteiger partial charge in [-0.25, -0.2) is 0 Å². The van der Waals surface area contributed by atoms with E-state index >= 15 is 0 Å². The highest BCUT2D eigenvalue weighted by molar-refractivity contribution is 5.78. The molecule has 1 unspecified atom stereocenters. The Kier molecular flexibility index (Phi) is 6.64. The molecule has 0 saturated heterocycles. The maximum Gasteiger partial charge on any atom is 0.401 e. The quantitative estimate of drug-likeness (QED) is 0.806. The van der Waals surface area contributed by atoms with Crippen LogP contribution < -0.4 is 5.32 Å². The van der Waals surface area contributed by atoms with Gasteiger partial charge in [0.1, 0.15) is 0 Å². The van der Waals surface area contributed by atoms with Gasteiger partial charge in [0.2, 0.25) is 5.91 Å². The third kappa shape index (κ3) is 7.10. The lowest BCUT2D eigenvalue weighted by atomic mass is 10.1. The van der Waals surface area contributed by atoms with Crippen LogP contribution in [0.3, 0.4) is 0 Å². The summed E-state index contributed by atoms with van der Waals surface area (Å²) in [6, 6.07) is 8.84. The molecule has 21 heavy (non-hydrogen) atoms. The van der Waals surface area contributed by atoms with Crippen molar-refractivity contribution >= 4 is 5.91 Å². The Labute approximate surface area is 121 Å². The first-order valence-corrected chi connectivity index (χ1v) is 6.56. The second kappa shape index (κ2) is 7.99. The van der Waals surface area contributed by atoms with E-state index in [1.165, 1.54) is 0 Å². The molecule has 0 saturated carbocycles. The topological polar surface area (TPSA) is 52.6 Å². The molecule has 7 heteroatoms. The minimum Gasteiger partial charge on any atom is -0.395 e. The number of nitrogens with zero attached hydrogens (tertiary/aromatic N) is 1. The van der Waals surface area contributed by atoms with Crippen molar-refractivity contribution in [2.75, 3.05) is 26.2 Å². The first kappa shape index (κ1) is 17.5. The number of nitrogens with one attached hydrogen (secondary N) is 1. The lowest BCUT2D eigenvalue weighted by Gasteiger charge is -2.23. The molecule has 1 aromatic carbocycles. The summed E-state index contributed by atoms with van der Waals surface area (Å²) in [5.41, 5.74) is 0.871. The van der Waals surface area contributed by atoms with E-state index in [4.69, 9.17) is 5.11 Å². The normalized spacial score (nSPS) is 13.2. The van der Waals surface area contributed by atoms with Gasteiger partial charge in [-0.05, 0) is 12.5 Å². The number of benzene rings is 1. The Bertz CT molecular complexity index is 438. The third-order valence-electron chi connectivity index (χ3n) is 2.86. The molecule has 0 radical (unpaired) electrons. The van der Waals surface area contributed by atoms with E-state index in [-0.39, 0.29) is 12.6 Å². The standard InChI is InChI=1S/C14H19F3N2O2/c1-11(12-5-3-2-4-6-12)18-13(21)9-19(7-8-20)10-14(15,16)17/h2-6,11,20H,7-10H2,1H3,(H,18,21). The highest BCUT2D eigenvalue weighted by Gasteiger charge is 2.31. The van der Waals surface area contributed by atoms with Crippen molar-refractivity contribution in [2.45, 2.75) is 19.1 Å². The van der Waals surface area contributed by atoms with Crippen molar-refractivity contribution in [3.8, 4) is 0 Å². The number of halogens is 3. The van der Waals surface area contributed by atoms with Crippen LogP contribution in [-0.2, 0) is 4.79 Å². The molecular formula is C14H19F3N2O2. The zero-order chi connectivity index (χ0) is 15.9. The fourth-order valence-electron chi connectivity index (χ4n) is 1.92. The monoisotopic (exact) mass is 304 g/mol. The van der Waals surface area contributed by atoms with E-state index in [0.29, 0.717) is 0 Å². The molecule has 1 aromatic rings. The molecular weight excluding hydrogens is 285 g/mol. The predicted octanol–water partition coefficient (Wildman–Crippen LogP) is 1.72. The molecule has 0 aliphatic carbocycles. The highest BCUT2D eigenvalue weighted by atomic mass is 19.4. The average molecular weight is 304 g/mol. The van der Waals surface area contributed by atoms with Crippen LogP contribution in [0.1, 0.15) is 18.5 Å². The van der Waals surface area contributed by atoms with Crippen molar-refractivity contribution in [1.82, 2.24) is 10.2 Å². The Morgan fingerprint density at radius 2 is 1.95 bits per heavy atom. The van der Waals surface area contributed by atoms with Gasteiger partial charge in [-0.3, -0.25) is 9.69 Å². The van der Waals surface area contributed by atoms with Crippen LogP contribution in [0.15, 0.2) is 30.3 Å². The Balaban J connectivity index is 2.53. The number of carbonyl (C=O) groups is 1. The van der Waals surface area contributed by atoms with Crippen molar-refractivity contribution < 1.29 is 23.1 Å². The molecule has 0 spiro atoms. The average Bonchev–Trinajstić information content (AvgIpc) is 2.37. The third-order valence-corrected chi connectivity index (χ3v) is 2.86. The Morgan fingerprint density at radius 3 is 2.48 bits per heavy atom. The van der Waals surface area contributed by atoms with Gasteiger partial charge in [-0.2, -0.15) is 13.2 Å². The lowest BCUT2D eigenvalue weighted by Crippen LogP contribution is -2.43. The molecule has 0 aromatic heterocycles. The van der Waals surface area contributed by atoms with Crippen LogP contribution in [0.4, 0.5) is 13.2 Å². The largest absolute Gasteiger partial charge is 0.401 e. The van der Waals surface area contributed by atoms with E-state index in [1.54, 1.807) is 6.92 Å². The molecule has 1 amide bonds. The number of aliphatic hydroxyl groups is 1. The summed E-state index contributed by atoms with van der Waals surface area (Å²) >= 11 is 0. The second-order valence-electron chi connectivity index (χ2n) is 4.75. The van der Waals surface area contributed by atoms with Crippen LogP contribution in [0.5, 0.6) is 0 Å². The molecule has 0 aliphatic rings.